The predicted octanol–water partition coefficient (Wildman–Crippen LogP) is 4.12. The Labute approximate surface area is 105 Å². The van der Waals surface area contributed by atoms with Gasteiger partial charge < -0.3 is 5.73 Å². The largest absolute Gasteiger partial charge is 0.326 e. The third-order valence-electron chi connectivity index (χ3n) is 2.36. The average molecular weight is 252 g/mol. The molecule has 0 aliphatic heterocycles. The van der Waals surface area contributed by atoms with Crippen molar-refractivity contribution in [1.82, 2.24) is 0 Å². The molecule has 0 heterocycles. The van der Waals surface area contributed by atoms with E-state index in [1.54, 1.807) is 6.07 Å². The summed E-state index contributed by atoms with van der Waals surface area (Å²) in [5.74, 6) is 0. The van der Waals surface area contributed by atoms with Crippen molar-refractivity contribution in [1.29, 1.82) is 0 Å². The van der Waals surface area contributed by atoms with E-state index in [-0.39, 0.29) is 0 Å². The van der Waals surface area contributed by atoms with Crippen molar-refractivity contribution in [3.63, 3.8) is 0 Å². The van der Waals surface area contributed by atoms with Crippen LogP contribution in [0.25, 0.3) is 11.1 Å². The molecule has 0 saturated carbocycles. The predicted molar refractivity (Wildman–Crippen MR) is 69.8 cm³/mol. The van der Waals surface area contributed by atoms with Crippen LogP contribution in [0.1, 0.15) is 5.56 Å². The van der Waals surface area contributed by atoms with Gasteiger partial charge in [-0.3, -0.25) is 0 Å². The van der Waals surface area contributed by atoms with Gasteiger partial charge in [-0.1, -0.05) is 41.4 Å². The number of rotatable bonds is 2. The Hall–Kier alpha value is -1.02. The lowest BCUT2D eigenvalue weighted by Crippen LogP contribution is -1.95. The van der Waals surface area contributed by atoms with E-state index < -0.39 is 0 Å². The van der Waals surface area contributed by atoms with Crippen LogP contribution in [-0.2, 0) is 6.54 Å². The molecule has 0 unspecified atom stereocenters. The van der Waals surface area contributed by atoms with Gasteiger partial charge in [0.05, 0.1) is 0 Å². The summed E-state index contributed by atoms with van der Waals surface area (Å²) in [7, 11) is 0. The second-order valence-electron chi connectivity index (χ2n) is 3.56. The fourth-order valence-corrected chi connectivity index (χ4v) is 2.12. The Bertz CT molecular complexity index is 489. The van der Waals surface area contributed by atoms with Crippen LogP contribution in [0.3, 0.4) is 0 Å². The summed E-state index contributed by atoms with van der Waals surface area (Å²) in [4.78, 5) is 0. The van der Waals surface area contributed by atoms with Gasteiger partial charge in [-0.2, -0.15) is 0 Å². The van der Waals surface area contributed by atoms with Crippen LogP contribution in [0.2, 0.25) is 10.0 Å². The minimum Gasteiger partial charge on any atom is -0.326 e. The third kappa shape index (κ3) is 2.56. The molecule has 0 aliphatic carbocycles. The lowest BCUT2D eigenvalue weighted by atomic mass is 10.0. The van der Waals surface area contributed by atoms with Crippen LogP contribution >= 0.6 is 23.2 Å². The van der Waals surface area contributed by atoms with E-state index in [1.807, 2.05) is 36.4 Å². The van der Waals surface area contributed by atoms with Crippen molar-refractivity contribution in [2.45, 2.75) is 6.54 Å². The Balaban J connectivity index is 2.49. The molecule has 0 atom stereocenters. The van der Waals surface area contributed by atoms with Crippen molar-refractivity contribution in [2.24, 2.45) is 5.73 Å². The van der Waals surface area contributed by atoms with Crippen molar-refractivity contribution in [3.05, 3.63) is 58.1 Å². The maximum absolute atomic E-state index is 5.96. The molecule has 0 aliphatic rings. The number of halogens is 2. The summed E-state index contributed by atoms with van der Waals surface area (Å²) in [5.41, 5.74) is 8.78. The van der Waals surface area contributed by atoms with Crippen LogP contribution in [0.4, 0.5) is 0 Å². The zero-order valence-electron chi connectivity index (χ0n) is 8.58. The van der Waals surface area contributed by atoms with Gasteiger partial charge in [-0.05, 0) is 41.0 Å². The smallest absolute Gasteiger partial charge is 0.0426 e. The lowest BCUT2D eigenvalue weighted by Gasteiger charge is -2.05. The van der Waals surface area contributed by atoms with E-state index in [4.69, 9.17) is 28.9 Å². The quantitative estimate of drug-likeness (QED) is 0.854. The minimum atomic E-state index is 0.530. The summed E-state index contributed by atoms with van der Waals surface area (Å²) in [6.45, 7) is 0.530. The summed E-state index contributed by atoms with van der Waals surface area (Å²) in [5, 5.41) is 1.28. The molecule has 82 valence electrons. The van der Waals surface area contributed by atoms with Crippen molar-refractivity contribution >= 4 is 23.2 Å². The van der Waals surface area contributed by atoms with E-state index in [9.17, 15) is 0 Å². The zero-order valence-corrected chi connectivity index (χ0v) is 10.1. The molecular formula is C13H11Cl2N. The maximum Gasteiger partial charge on any atom is 0.0426 e. The number of hydrogen-bond donors (Lipinski definition) is 1. The van der Waals surface area contributed by atoms with Gasteiger partial charge >= 0.3 is 0 Å². The molecule has 0 bridgehead atoms. The van der Waals surface area contributed by atoms with Crippen LogP contribution in [0.5, 0.6) is 0 Å². The van der Waals surface area contributed by atoms with Gasteiger partial charge in [0.1, 0.15) is 0 Å². The topological polar surface area (TPSA) is 26.0 Å². The second-order valence-corrected chi connectivity index (χ2v) is 4.44. The normalized spacial score (nSPS) is 10.4. The van der Waals surface area contributed by atoms with E-state index in [0.717, 1.165) is 16.7 Å². The first-order valence-electron chi connectivity index (χ1n) is 4.94. The van der Waals surface area contributed by atoms with Gasteiger partial charge in [0, 0.05) is 16.6 Å². The highest BCUT2D eigenvalue weighted by atomic mass is 35.5. The second kappa shape index (κ2) is 4.88. The van der Waals surface area contributed by atoms with Gasteiger partial charge in [0.15, 0.2) is 0 Å². The first kappa shape index (κ1) is 11.5. The van der Waals surface area contributed by atoms with E-state index >= 15 is 0 Å². The molecule has 0 aromatic heterocycles. The Kier molecular flexibility index (Phi) is 3.49. The summed E-state index contributed by atoms with van der Waals surface area (Å²) in [6, 6.07) is 13.5. The number of hydrogen-bond acceptors (Lipinski definition) is 1. The van der Waals surface area contributed by atoms with Crippen molar-refractivity contribution < 1.29 is 0 Å². The average Bonchev–Trinajstić information content (AvgIpc) is 2.28. The number of nitrogens with two attached hydrogens (primary N) is 1. The fourth-order valence-electron chi connectivity index (χ4n) is 1.60. The zero-order chi connectivity index (χ0) is 11.5. The lowest BCUT2D eigenvalue weighted by molar-refractivity contribution is 1.07. The molecule has 0 amide bonds. The molecule has 0 saturated heterocycles. The monoisotopic (exact) mass is 251 g/mol. The van der Waals surface area contributed by atoms with Gasteiger partial charge in [0.25, 0.3) is 0 Å². The molecule has 0 spiro atoms. The first-order chi connectivity index (χ1) is 7.69. The maximum atomic E-state index is 5.96. The minimum absolute atomic E-state index is 0.530. The SMILES string of the molecule is NCc1cccc(-c2cc(Cl)cc(Cl)c2)c1. The van der Waals surface area contributed by atoms with E-state index in [1.165, 1.54) is 0 Å². The highest BCUT2D eigenvalue weighted by Crippen LogP contribution is 2.27. The molecule has 2 N–H and O–H groups in total. The summed E-state index contributed by atoms with van der Waals surface area (Å²) in [6.07, 6.45) is 0. The van der Waals surface area contributed by atoms with Gasteiger partial charge in [-0.25, -0.2) is 0 Å². The number of benzene rings is 2. The molecule has 2 rings (SSSR count). The van der Waals surface area contributed by atoms with Crippen molar-refractivity contribution in [2.75, 3.05) is 0 Å². The van der Waals surface area contributed by atoms with Gasteiger partial charge in [0.2, 0.25) is 0 Å². The molecule has 16 heavy (non-hydrogen) atoms. The Morgan fingerprint density at radius 2 is 1.56 bits per heavy atom. The Morgan fingerprint density at radius 3 is 2.19 bits per heavy atom. The summed E-state index contributed by atoms with van der Waals surface area (Å²) >= 11 is 11.9. The van der Waals surface area contributed by atoms with Crippen LogP contribution in [-0.4, -0.2) is 0 Å². The van der Waals surface area contributed by atoms with Gasteiger partial charge in [-0.15, -0.1) is 0 Å². The van der Waals surface area contributed by atoms with Crippen molar-refractivity contribution in [3.8, 4) is 11.1 Å². The van der Waals surface area contributed by atoms with Crippen LogP contribution in [0, 0.1) is 0 Å². The molecule has 1 nitrogen and oxygen atoms in total. The van der Waals surface area contributed by atoms with Crippen LogP contribution in [0.15, 0.2) is 42.5 Å². The van der Waals surface area contributed by atoms with E-state index in [0.29, 0.717) is 16.6 Å². The fraction of sp³-hybridized carbons (Fsp3) is 0.0769. The standard InChI is InChI=1S/C13H11Cl2N/c14-12-5-11(6-13(15)7-12)10-3-1-2-9(4-10)8-16/h1-7H,8,16H2. The molecule has 2 aromatic carbocycles. The summed E-state index contributed by atoms with van der Waals surface area (Å²) < 4.78 is 0. The van der Waals surface area contributed by atoms with E-state index in [2.05, 4.69) is 0 Å². The molecule has 3 heteroatoms. The molecule has 0 fully saturated rings. The highest BCUT2D eigenvalue weighted by molar-refractivity contribution is 6.35. The first-order valence-corrected chi connectivity index (χ1v) is 5.70. The molecular weight excluding hydrogens is 241 g/mol. The molecule has 0 radical (unpaired) electrons. The highest BCUT2D eigenvalue weighted by Gasteiger charge is 2.01. The Morgan fingerprint density at radius 1 is 0.875 bits per heavy atom. The van der Waals surface area contributed by atoms with Crippen LogP contribution < -0.4 is 5.73 Å². The third-order valence-corrected chi connectivity index (χ3v) is 2.80. The molecule has 2 aromatic rings.